The van der Waals surface area contributed by atoms with E-state index >= 15 is 0 Å². The van der Waals surface area contributed by atoms with Crippen molar-refractivity contribution >= 4 is 29.9 Å². The van der Waals surface area contributed by atoms with Crippen molar-refractivity contribution in [3.8, 4) is 0 Å². The number of nitrogens with one attached hydrogen (secondary N) is 2. The molecule has 2 rings (SSSR count). The van der Waals surface area contributed by atoms with Crippen molar-refractivity contribution in [3.63, 3.8) is 0 Å². The molecule has 1 aliphatic rings. The molecule has 0 aliphatic heterocycles. The van der Waals surface area contributed by atoms with Crippen LogP contribution in [0.15, 0.2) is 23.2 Å². The van der Waals surface area contributed by atoms with Crippen LogP contribution in [0.2, 0.25) is 0 Å². The van der Waals surface area contributed by atoms with Crippen LogP contribution in [-0.2, 0) is 24.1 Å². The van der Waals surface area contributed by atoms with Gasteiger partial charge in [0.2, 0.25) is 0 Å². The molecule has 0 spiro atoms. The van der Waals surface area contributed by atoms with E-state index in [0.717, 1.165) is 25.6 Å². The first kappa shape index (κ1) is 18.2. The van der Waals surface area contributed by atoms with Crippen LogP contribution in [0, 0.1) is 0 Å². The van der Waals surface area contributed by atoms with E-state index in [1.807, 2.05) is 0 Å². The molecule has 1 aromatic rings. The van der Waals surface area contributed by atoms with Gasteiger partial charge >= 0.3 is 0 Å². The summed E-state index contributed by atoms with van der Waals surface area (Å²) in [6.45, 7) is 5.11. The fraction of sp³-hybridized carbons (Fsp3) is 0.562. The van der Waals surface area contributed by atoms with Gasteiger partial charge in [-0.2, -0.15) is 0 Å². The van der Waals surface area contributed by atoms with Crippen LogP contribution in [0.3, 0.4) is 0 Å². The molecule has 21 heavy (non-hydrogen) atoms. The summed E-state index contributed by atoms with van der Waals surface area (Å²) in [6, 6.07) is 6.77. The molecule has 2 N–H and O–H groups in total. The Morgan fingerprint density at radius 3 is 2.81 bits per heavy atom. The average Bonchev–Trinajstić information content (AvgIpc) is 2.92. The highest BCUT2D eigenvalue weighted by molar-refractivity contribution is 14.0. The van der Waals surface area contributed by atoms with E-state index in [1.54, 1.807) is 7.11 Å². The minimum absolute atomic E-state index is 0. The van der Waals surface area contributed by atoms with Crippen molar-refractivity contribution < 1.29 is 4.74 Å². The van der Waals surface area contributed by atoms with Gasteiger partial charge in [0, 0.05) is 20.2 Å². The van der Waals surface area contributed by atoms with Crippen molar-refractivity contribution in [2.24, 2.45) is 4.99 Å². The van der Waals surface area contributed by atoms with E-state index in [2.05, 4.69) is 40.7 Å². The number of nitrogens with zero attached hydrogens (tertiary/aromatic N) is 1. The van der Waals surface area contributed by atoms with E-state index in [1.165, 1.54) is 36.0 Å². The van der Waals surface area contributed by atoms with Gasteiger partial charge in [0.15, 0.2) is 5.96 Å². The number of hydrogen-bond donors (Lipinski definition) is 2. The Hall–Kier alpha value is -0.820. The lowest BCUT2D eigenvalue weighted by molar-refractivity contribution is 0.203. The van der Waals surface area contributed by atoms with E-state index < -0.39 is 0 Å². The molecule has 0 saturated carbocycles. The number of ether oxygens (including phenoxy) is 1. The number of methoxy groups -OCH3 is 1. The number of aryl methyl sites for hydroxylation is 2. The number of fused-ring (bicyclic) bond motifs is 1. The van der Waals surface area contributed by atoms with E-state index in [-0.39, 0.29) is 24.0 Å². The summed E-state index contributed by atoms with van der Waals surface area (Å²) in [7, 11) is 1.70. The summed E-state index contributed by atoms with van der Waals surface area (Å²) in [5, 5.41) is 6.51. The van der Waals surface area contributed by atoms with Gasteiger partial charge in [-0.15, -0.1) is 24.0 Å². The summed E-state index contributed by atoms with van der Waals surface area (Å²) < 4.78 is 5.04. The number of hydrogen-bond acceptors (Lipinski definition) is 2. The van der Waals surface area contributed by atoms with E-state index in [4.69, 9.17) is 4.74 Å². The number of rotatable bonds is 6. The van der Waals surface area contributed by atoms with E-state index in [9.17, 15) is 0 Å². The highest BCUT2D eigenvalue weighted by Gasteiger charge is 2.10. The van der Waals surface area contributed by atoms with Gasteiger partial charge in [-0.3, -0.25) is 0 Å². The molecule has 0 radical (unpaired) electrons. The topological polar surface area (TPSA) is 45.7 Å². The third kappa shape index (κ3) is 5.82. The Morgan fingerprint density at radius 1 is 1.24 bits per heavy atom. The lowest BCUT2D eigenvalue weighted by Crippen LogP contribution is -2.38. The minimum Gasteiger partial charge on any atom is -0.383 e. The zero-order valence-electron chi connectivity index (χ0n) is 12.9. The van der Waals surface area contributed by atoms with Crippen LogP contribution in [0.25, 0.3) is 0 Å². The smallest absolute Gasteiger partial charge is 0.191 e. The Balaban J connectivity index is 0.00000220. The maximum Gasteiger partial charge on any atom is 0.191 e. The molecule has 0 amide bonds. The Labute approximate surface area is 144 Å². The van der Waals surface area contributed by atoms with Crippen molar-refractivity contribution in [2.45, 2.75) is 32.7 Å². The lowest BCUT2D eigenvalue weighted by atomic mass is 10.1. The SMILES string of the molecule is CCNC(=NCc1ccc2c(c1)CCC2)NCCOC.I. The van der Waals surface area contributed by atoms with Crippen molar-refractivity contribution in [2.75, 3.05) is 26.8 Å². The predicted molar refractivity (Wildman–Crippen MR) is 98.6 cm³/mol. The molecule has 0 fully saturated rings. The minimum atomic E-state index is 0. The zero-order valence-corrected chi connectivity index (χ0v) is 15.3. The summed E-state index contributed by atoms with van der Waals surface area (Å²) in [5.41, 5.74) is 4.31. The molecule has 0 aromatic heterocycles. The third-order valence-corrected chi connectivity index (χ3v) is 3.53. The molecule has 0 heterocycles. The Kier molecular flexibility index (Phi) is 8.68. The normalized spacial score (nSPS) is 13.5. The van der Waals surface area contributed by atoms with Crippen LogP contribution in [-0.4, -0.2) is 32.8 Å². The maximum atomic E-state index is 5.04. The summed E-state index contributed by atoms with van der Waals surface area (Å²) >= 11 is 0. The molecule has 1 aromatic carbocycles. The molecule has 1 aliphatic carbocycles. The highest BCUT2D eigenvalue weighted by Crippen LogP contribution is 2.22. The fourth-order valence-corrected chi connectivity index (χ4v) is 2.51. The highest BCUT2D eigenvalue weighted by atomic mass is 127. The van der Waals surface area contributed by atoms with Crippen LogP contribution < -0.4 is 10.6 Å². The molecule has 4 nitrogen and oxygen atoms in total. The second-order valence-corrected chi connectivity index (χ2v) is 5.07. The maximum absolute atomic E-state index is 5.04. The van der Waals surface area contributed by atoms with Crippen molar-refractivity contribution in [3.05, 3.63) is 34.9 Å². The number of aliphatic imine (C=N–C) groups is 1. The van der Waals surface area contributed by atoms with Gasteiger partial charge in [-0.05, 0) is 42.9 Å². The standard InChI is InChI=1S/C16H25N3O.HI/c1-3-17-16(18-9-10-20-2)19-12-13-7-8-14-5-4-6-15(14)11-13;/h7-8,11H,3-6,9-10,12H2,1-2H3,(H2,17,18,19);1H. The quantitative estimate of drug-likeness (QED) is 0.332. The first-order chi connectivity index (χ1) is 9.83. The van der Waals surface area contributed by atoms with Gasteiger partial charge in [-0.25, -0.2) is 4.99 Å². The molecule has 0 bridgehead atoms. The van der Waals surface area contributed by atoms with E-state index in [0.29, 0.717) is 6.61 Å². The van der Waals surface area contributed by atoms with Gasteiger partial charge in [0.05, 0.1) is 13.2 Å². The molecule has 5 heteroatoms. The molecular formula is C16H26IN3O. The molecular weight excluding hydrogens is 377 g/mol. The Bertz CT molecular complexity index is 463. The summed E-state index contributed by atoms with van der Waals surface area (Å²) in [4.78, 5) is 4.62. The first-order valence-corrected chi connectivity index (χ1v) is 7.45. The monoisotopic (exact) mass is 403 g/mol. The largest absolute Gasteiger partial charge is 0.383 e. The van der Waals surface area contributed by atoms with Crippen LogP contribution >= 0.6 is 24.0 Å². The zero-order chi connectivity index (χ0) is 14.2. The first-order valence-electron chi connectivity index (χ1n) is 7.45. The van der Waals surface area contributed by atoms with Crippen molar-refractivity contribution in [1.29, 1.82) is 0 Å². The average molecular weight is 403 g/mol. The van der Waals surface area contributed by atoms with Crippen LogP contribution in [0.1, 0.15) is 30.0 Å². The molecule has 118 valence electrons. The second-order valence-electron chi connectivity index (χ2n) is 5.07. The number of halogens is 1. The fourth-order valence-electron chi connectivity index (χ4n) is 2.51. The lowest BCUT2D eigenvalue weighted by Gasteiger charge is -2.11. The third-order valence-electron chi connectivity index (χ3n) is 3.53. The summed E-state index contributed by atoms with van der Waals surface area (Å²) in [6.07, 6.45) is 3.75. The van der Waals surface area contributed by atoms with Gasteiger partial charge in [-0.1, -0.05) is 18.2 Å². The molecule has 0 unspecified atom stereocenters. The Morgan fingerprint density at radius 2 is 2.05 bits per heavy atom. The van der Waals surface area contributed by atoms with Crippen molar-refractivity contribution in [1.82, 2.24) is 10.6 Å². The second kappa shape index (κ2) is 10.00. The predicted octanol–water partition coefficient (Wildman–Crippen LogP) is 2.49. The van der Waals surface area contributed by atoms with Gasteiger partial charge in [0.1, 0.15) is 0 Å². The van der Waals surface area contributed by atoms with Gasteiger partial charge in [0.25, 0.3) is 0 Å². The van der Waals surface area contributed by atoms with Crippen LogP contribution in [0.5, 0.6) is 0 Å². The summed E-state index contributed by atoms with van der Waals surface area (Å²) in [5.74, 6) is 0.852. The van der Waals surface area contributed by atoms with Crippen LogP contribution in [0.4, 0.5) is 0 Å². The number of benzene rings is 1. The molecule has 0 saturated heterocycles. The number of guanidine groups is 1. The van der Waals surface area contributed by atoms with Gasteiger partial charge < -0.3 is 15.4 Å². The molecule has 0 atom stereocenters.